The highest BCUT2D eigenvalue weighted by molar-refractivity contribution is 5.85. The van der Waals surface area contributed by atoms with Crippen molar-refractivity contribution in [2.45, 2.75) is 32.3 Å². The van der Waals surface area contributed by atoms with Crippen molar-refractivity contribution in [2.24, 2.45) is 5.92 Å². The molecule has 1 heterocycles. The number of hydrogen-bond donors (Lipinski definition) is 1. The molecule has 1 aliphatic carbocycles. The van der Waals surface area contributed by atoms with Gasteiger partial charge in [-0.1, -0.05) is 6.42 Å². The van der Waals surface area contributed by atoms with E-state index in [1.165, 1.54) is 26.4 Å². The summed E-state index contributed by atoms with van der Waals surface area (Å²) in [5, 5.41) is 8.92. The highest BCUT2D eigenvalue weighted by atomic mass is 16.5. The molecule has 2 rings (SSSR count). The molecule has 0 unspecified atom stereocenters. The first-order chi connectivity index (χ1) is 7.70. The third-order valence-corrected chi connectivity index (χ3v) is 2.90. The second-order valence-electron chi connectivity index (χ2n) is 4.12. The van der Waals surface area contributed by atoms with Crippen LogP contribution in [0.4, 0.5) is 0 Å². The lowest BCUT2D eigenvalue weighted by molar-refractivity contribution is 0.0652. The molecule has 16 heavy (non-hydrogen) atoms. The van der Waals surface area contributed by atoms with Crippen LogP contribution < -0.4 is 0 Å². The third-order valence-electron chi connectivity index (χ3n) is 2.90. The van der Waals surface area contributed by atoms with Crippen LogP contribution in [0.3, 0.4) is 0 Å². The fourth-order valence-corrected chi connectivity index (χ4v) is 1.83. The molecule has 1 aliphatic rings. The number of carboxylic acids is 1. The summed E-state index contributed by atoms with van der Waals surface area (Å²) in [5.41, 5.74) is 0.379. The van der Waals surface area contributed by atoms with Gasteiger partial charge in [0.2, 0.25) is 5.76 Å². The molecule has 1 saturated carbocycles. The maximum absolute atomic E-state index is 10.9. The Morgan fingerprint density at radius 2 is 2.38 bits per heavy atom. The van der Waals surface area contributed by atoms with Gasteiger partial charge in [0.15, 0.2) is 5.89 Å². The van der Waals surface area contributed by atoms with E-state index < -0.39 is 5.97 Å². The monoisotopic (exact) mass is 225 g/mol. The lowest BCUT2D eigenvalue weighted by Gasteiger charge is -2.23. The molecular weight excluding hydrogens is 210 g/mol. The summed E-state index contributed by atoms with van der Waals surface area (Å²) in [5.74, 6) is -0.0413. The largest absolute Gasteiger partial charge is 0.475 e. The van der Waals surface area contributed by atoms with Crippen molar-refractivity contribution in [1.29, 1.82) is 0 Å². The van der Waals surface area contributed by atoms with Gasteiger partial charge in [-0.15, -0.1) is 0 Å². The summed E-state index contributed by atoms with van der Waals surface area (Å²) in [6, 6.07) is 0. The van der Waals surface area contributed by atoms with Gasteiger partial charge in [0.25, 0.3) is 0 Å². The topological polar surface area (TPSA) is 72.6 Å². The number of carbonyl (C=O) groups is 1. The molecule has 1 N–H and O–H groups in total. The molecule has 0 aromatic carbocycles. The first-order valence-corrected chi connectivity index (χ1v) is 5.41. The average molecular weight is 225 g/mol. The van der Waals surface area contributed by atoms with Crippen molar-refractivity contribution in [3.63, 3.8) is 0 Å². The van der Waals surface area contributed by atoms with Crippen LogP contribution in [0.5, 0.6) is 0 Å². The van der Waals surface area contributed by atoms with E-state index in [1.807, 2.05) is 0 Å². The lowest BCUT2D eigenvalue weighted by Crippen LogP contribution is -2.13. The van der Waals surface area contributed by atoms with Gasteiger partial charge >= 0.3 is 5.97 Å². The van der Waals surface area contributed by atoms with Gasteiger partial charge < -0.3 is 14.3 Å². The van der Waals surface area contributed by atoms with Crippen LogP contribution >= 0.6 is 0 Å². The maximum Gasteiger partial charge on any atom is 0.373 e. The van der Waals surface area contributed by atoms with Crippen molar-refractivity contribution in [3.05, 3.63) is 17.3 Å². The van der Waals surface area contributed by atoms with Crippen LogP contribution in [0.1, 0.15) is 41.4 Å². The quantitative estimate of drug-likeness (QED) is 0.828. The van der Waals surface area contributed by atoms with Crippen LogP contribution in [0.15, 0.2) is 4.42 Å². The van der Waals surface area contributed by atoms with Gasteiger partial charge in [0.05, 0.1) is 6.61 Å². The van der Waals surface area contributed by atoms with Crippen molar-refractivity contribution >= 4 is 5.97 Å². The van der Waals surface area contributed by atoms with Gasteiger partial charge in [0, 0.05) is 13.5 Å². The summed E-state index contributed by atoms with van der Waals surface area (Å²) in [6.45, 7) is 0.176. The molecular formula is C11H15NO4. The van der Waals surface area contributed by atoms with Crippen LogP contribution in [0.25, 0.3) is 0 Å². The summed E-state index contributed by atoms with van der Waals surface area (Å²) in [4.78, 5) is 15.1. The van der Waals surface area contributed by atoms with Crippen molar-refractivity contribution < 1.29 is 19.1 Å². The SMILES string of the molecule is COCc1nc(CC2CCC2)oc1C(=O)O. The summed E-state index contributed by atoms with van der Waals surface area (Å²) in [7, 11) is 1.51. The van der Waals surface area contributed by atoms with Crippen LogP contribution in [0.2, 0.25) is 0 Å². The number of nitrogens with zero attached hydrogens (tertiary/aromatic N) is 1. The van der Waals surface area contributed by atoms with Crippen molar-refractivity contribution in [1.82, 2.24) is 4.98 Å². The van der Waals surface area contributed by atoms with E-state index >= 15 is 0 Å². The number of ether oxygens (including phenoxy) is 1. The molecule has 0 atom stereocenters. The molecule has 1 fully saturated rings. The number of carboxylic acid groups (broad SMARTS) is 1. The molecule has 88 valence electrons. The van der Waals surface area contributed by atoms with Crippen LogP contribution in [0, 0.1) is 5.92 Å². The summed E-state index contributed by atoms with van der Waals surface area (Å²) >= 11 is 0. The van der Waals surface area contributed by atoms with Gasteiger partial charge in [-0.05, 0) is 18.8 Å². The molecule has 1 aromatic heterocycles. The molecule has 0 radical (unpaired) electrons. The smallest absolute Gasteiger partial charge is 0.373 e. The lowest BCUT2D eigenvalue weighted by atomic mass is 9.83. The predicted octanol–water partition coefficient (Wildman–Crippen LogP) is 1.86. The summed E-state index contributed by atoms with van der Waals surface area (Å²) < 4.78 is 10.1. The number of oxazole rings is 1. The van der Waals surface area contributed by atoms with Crippen molar-refractivity contribution in [2.75, 3.05) is 7.11 Å². The Morgan fingerprint density at radius 3 is 2.88 bits per heavy atom. The number of hydrogen-bond acceptors (Lipinski definition) is 4. The Labute approximate surface area is 93.4 Å². The van der Waals surface area contributed by atoms with E-state index in [0.29, 0.717) is 17.5 Å². The van der Waals surface area contributed by atoms with Gasteiger partial charge in [-0.3, -0.25) is 0 Å². The zero-order valence-corrected chi connectivity index (χ0v) is 9.23. The Morgan fingerprint density at radius 1 is 1.62 bits per heavy atom. The molecule has 0 saturated heterocycles. The third kappa shape index (κ3) is 2.24. The van der Waals surface area contributed by atoms with Gasteiger partial charge in [0.1, 0.15) is 5.69 Å². The first kappa shape index (κ1) is 11.1. The minimum atomic E-state index is -1.08. The van der Waals surface area contributed by atoms with Crippen LogP contribution in [-0.4, -0.2) is 23.2 Å². The Kier molecular flexibility index (Phi) is 3.24. The Balaban J connectivity index is 2.12. The van der Waals surface area contributed by atoms with E-state index in [2.05, 4.69) is 4.98 Å². The number of rotatable bonds is 5. The second kappa shape index (κ2) is 4.65. The van der Waals surface area contributed by atoms with Gasteiger partial charge in [-0.25, -0.2) is 9.78 Å². The second-order valence-corrected chi connectivity index (χ2v) is 4.12. The molecule has 5 heteroatoms. The molecule has 1 aromatic rings. The average Bonchev–Trinajstić information content (AvgIpc) is 2.56. The normalized spacial score (nSPS) is 16.1. The number of aromatic carboxylic acids is 1. The predicted molar refractivity (Wildman–Crippen MR) is 55.2 cm³/mol. The van der Waals surface area contributed by atoms with E-state index in [0.717, 1.165) is 6.42 Å². The fraction of sp³-hybridized carbons (Fsp3) is 0.636. The fourth-order valence-electron chi connectivity index (χ4n) is 1.83. The van der Waals surface area contributed by atoms with E-state index in [9.17, 15) is 4.79 Å². The summed E-state index contributed by atoms with van der Waals surface area (Å²) in [6.07, 6.45) is 4.36. The standard InChI is InChI=1S/C11H15NO4/c1-15-6-8-10(11(13)14)16-9(12-8)5-7-3-2-4-7/h7H,2-6H2,1H3,(H,13,14). The maximum atomic E-state index is 10.9. The molecule has 5 nitrogen and oxygen atoms in total. The van der Waals surface area contributed by atoms with E-state index in [-0.39, 0.29) is 12.4 Å². The molecule has 0 bridgehead atoms. The highest BCUT2D eigenvalue weighted by Crippen LogP contribution is 2.30. The highest BCUT2D eigenvalue weighted by Gasteiger charge is 2.24. The zero-order chi connectivity index (χ0) is 11.5. The first-order valence-electron chi connectivity index (χ1n) is 5.41. The minimum Gasteiger partial charge on any atom is -0.475 e. The van der Waals surface area contributed by atoms with E-state index in [1.54, 1.807) is 0 Å². The number of aromatic nitrogens is 1. The Hall–Kier alpha value is -1.36. The van der Waals surface area contributed by atoms with Crippen LogP contribution in [-0.2, 0) is 17.8 Å². The molecule has 0 spiro atoms. The Bertz CT molecular complexity index is 381. The van der Waals surface area contributed by atoms with Gasteiger partial charge in [-0.2, -0.15) is 0 Å². The number of methoxy groups -OCH3 is 1. The van der Waals surface area contributed by atoms with E-state index in [4.69, 9.17) is 14.3 Å². The minimum absolute atomic E-state index is 0.0869. The molecule has 0 amide bonds. The molecule has 0 aliphatic heterocycles. The van der Waals surface area contributed by atoms with Crippen molar-refractivity contribution in [3.8, 4) is 0 Å². The zero-order valence-electron chi connectivity index (χ0n) is 9.23.